The molecule has 1 aromatic heterocycles. The van der Waals surface area contributed by atoms with Crippen molar-refractivity contribution in [2.45, 2.75) is 23.5 Å². The number of hydrogen-bond acceptors (Lipinski definition) is 4. The Labute approximate surface area is 91.9 Å². The van der Waals surface area contributed by atoms with Crippen LogP contribution in [0, 0.1) is 11.3 Å². The molecule has 0 saturated carbocycles. The zero-order valence-electron chi connectivity index (χ0n) is 8.39. The van der Waals surface area contributed by atoms with Crippen molar-refractivity contribution >= 4 is 17.7 Å². The fourth-order valence-electron chi connectivity index (χ4n) is 0.845. The minimum Gasteiger partial charge on any atom is -0.480 e. The molecule has 0 saturated heterocycles. The van der Waals surface area contributed by atoms with Gasteiger partial charge < -0.3 is 5.11 Å². The molecule has 78 valence electrons. The first kappa shape index (κ1) is 11.5. The zero-order chi connectivity index (χ0) is 11.5. The van der Waals surface area contributed by atoms with E-state index in [0.29, 0.717) is 5.69 Å². The minimum atomic E-state index is -0.893. The van der Waals surface area contributed by atoms with E-state index in [4.69, 9.17) is 10.4 Å². The van der Waals surface area contributed by atoms with Gasteiger partial charge in [0.05, 0.1) is 0 Å². The van der Waals surface area contributed by atoms with Crippen LogP contribution in [0.1, 0.15) is 19.5 Å². The van der Waals surface area contributed by atoms with E-state index in [1.54, 1.807) is 26.0 Å². The van der Waals surface area contributed by atoms with Crippen molar-refractivity contribution in [3.63, 3.8) is 0 Å². The van der Waals surface area contributed by atoms with Gasteiger partial charge in [0.15, 0.2) is 0 Å². The molecular formula is C10H10N2O2S. The minimum absolute atomic E-state index is 0.326. The molecule has 0 radical (unpaired) electrons. The second-order valence-electron chi connectivity index (χ2n) is 3.41. The second-order valence-corrected chi connectivity index (χ2v) is 5.10. The molecule has 0 atom stereocenters. The lowest BCUT2D eigenvalue weighted by Gasteiger charge is -2.17. The maximum absolute atomic E-state index is 10.9. The van der Waals surface area contributed by atoms with Crippen LogP contribution >= 0.6 is 11.8 Å². The van der Waals surface area contributed by atoms with Crippen molar-refractivity contribution in [3.05, 3.63) is 24.0 Å². The van der Waals surface area contributed by atoms with Gasteiger partial charge in [0, 0.05) is 11.1 Å². The predicted molar refractivity (Wildman–Crippen MR) is 56.5 cm³/mol. The number of aromatic nitrogens is 1. The number of carboxylic acid groups (broad SMARTS) is 1. The third kappa shape index (κ3) is 2.96. The first-order valence-electron chi connectivity index (χ1n) is 4.24. The third-order valence-corrected chi connectivity index (χ3v) is 2.90. The summed E-state index contributed by atoms with van der Waals surface area (Å²) < 4.78 is -0.893. The van der Waals surface area contributed by atoms with Gasteiger partial charge in [-0.2, -0.15) is 5.26 Å². The fraction of sp³-hybridized carbons (Fsp3) is 0.300. The van der Waals surface area contributed by atoms with Crippen LogP contribution in [0.3, 0.4) is 0 Å². The first-order chi connectivity index (χ1) is 6.95. The van der Waals surface area contributed by atoms with Crippen molar-refractivity contribution < 1.29 is 9.90 Å². The van der Waals surface area contributed by atoms with Gasteiger partial charge in [0.25, 0.3) is 0 Å². The van der Waals surface area contributed by atoms with Crippen molar-refractivity contribution in [1.82, 2.24) is 4.98 Å². The molecule has 0 amide bonds. The summed E-state index contributed by atoms with van der Waals surface area (Å²) in [6.45, 7) is 3.25. The van der Waals surface area contributed by atoms with Gasteiger partial charge in [-0.15, -0.1) is 11.8 Å². The summed E-state index contributed by atoms with van der Waals surface area (Å²) in [6.07, 6.45) is 1.51. The number of hydrogen-bond donors (Lipinski definition) is 1. The molecular weight excluding hydrogens is 212 g/mol. The van der Waals surface area contributed by atoms with Crippen LogP contribution < -0.4 is 0 Å². The number of carboxylic acids is 1. The van der Waals surface area contributed by atoms with Crippen LogP contribution in [0.15, 0.2) is 23.2 Å². The summed E-state index contributed by atoms with van der Waals surface area (Å²) in [4.78, 5) is 15.5. The highest BCUT2D eigenvalue weighted by Gasteiger charge is 2.28. The van der Waals surface area contributed by atoms with Crippen LogP contribution in [0.2, 0.25) is 0 Å². The molecule has 0 bridgehead atoms. The topological polar surface area (TPSA) is 74.0 Å². The SMILES string of the molecule is CC(C)(Sc1ccc(C#N)nc1)C(=O)O. The van der Waals surface area contributed by atoms with Gasteiger partial charge in [-0.05, 0) is 26.0 Å². The van der Waals surface area contributed by atoms with E-state index in [0.717, 1.165) is 4.90 Å². The first-order valence-corrected chi connectivity index (χ1v) is 5.06. The molecule has 5 heteroatoms. The second kappa shape index (κ2) is 4.32. The van der Waals surface area contributed by atoms with E-state index < -0.39 is 10.7 Å². The molecule has 0 aliphatic carbocycles. The van der Waals surface area contributed by atoms with Gasteiger partial charge in [0.1, 0.15) is 16.5 Å². The van der Waals surface area contributed by atoms with Crippen LogP contribution in [-0.4, -0.2) is 20.8 Å². The van der Waals surface area contributed by atoms with Gasteiger partial charge in [-0.25, -0.2) is 4.98 Å². The molecule has 0 aromatic carbocycles. The van der Waals surface area contributed by atoms with Crippen molar-refractivity contribution in [2.24, 2.45) is 0 Å². The average Bonchev–Trinajstić information content (AvgIpc) is 2.18. The standard InChI is InChI=1S/C10H10N2O2S/c1-10(2,9(13)14)15-8-4-3-7(5-11)12-6-8/h3-4,6H,1-2H3,(H,13,14). The summed E-state index contributed by atoms with van der Waals surface area (Å²) >= 11 is 1.20. The molecule has 0 aliphatic rings. The Balaban J connectivity index is 2.83. The Morgan fingerprint density at radius 2 is 2.27 bits per heavy atom. The number of carbonyl (C=O) groups is 1. The Hall–Kier alpha value is -1.54. The smallest absolute Gasteiger partial charge is 0.319 e. The van der Waals surface area contributed by atoms with E-state index in [9.17, 15) is 4.79 Å². The molecule has 1 aromatic rings. The highest BCUT2D eigenvalue weighted by molar-refractivity contribution is 8.01. The lowest BCUT2D eigenvalue weighted by molar-refractivity contribution is -0.138. The fourth-order valence-corrected chi connectivity index (χ4v) is 1.76. The molecule has 0 aliphatic heterocycles. The van der Waals surface area contributed by atoms with Gasteiger partial charge in [-0.1, -0.05) is 0 Å². The van der Waals surface area contributed by atoms with E-state index in [1.807, 2.05) is 6.07 Å². The molecule has 4 nitrogen and oxygen atoms in total. The quantitative estimate of drug-likeness (QED) is 0.791. The van der Waals surface area contributed by atoms with E-state index >= 15 is 0 Å². The largest absolute Gasteiger partial charge is 0.480 e. The Kier molecular flexibility index (Phi) is 3.32. The lowest BCUT2D eigenvalue weighted by atomic mass is 10.2. The predicted octanol–water partition coefficient (Wildman–Crippen LogP) is 1.91. The molecule has 0 unspecified atom stereocenters. The molecule has 1 N–H and O–H groups in total. The van der Waals surface area contributed by atoms with Crippen molar-refractivity contribution in [1.29, 1.82) is 5.26 Å². The number of nitrogens with zero attached hydrogens (tertiary/aromatic N) is 2. The number of aliphatic carboxylic acids is 1. The lowest BCUT2D eigenvalue weighted by Crippen LogP contribution is -2.26. The third-order valence-electron chi connectivity index (χ3n) is 1.74. The highest BCUT2D eigenvalue weighted by atomic mass is 32.2. The van der Waals surface area contributed by atoms with E-state index in [1.165, 1.54) is 18.0 Å². The van der Waals surface area contributed by atoms with Crippen LogP contribution in [0.5, 0.6) is 0 Å². The normalized spacial score (nSPS) is 10.7. The molecule has 1 heterocycles. The number of rotatable bonds is 3. The monoisotopic (exact) mass is 222 g/mol. The summed E-state index contributed by atoms with van der Waals surface area (Å²) in [5.41, 5.74) is 0.326. The van der Waals surface area contributed by atoms with E-state index in [2.05, 4.69) is 4.98 Å². The number of nitriles is 1. The number of thioether (sulfide) groups is 1. The van der Waals surface area contributed by atoms with Crippen LogP contribution in [0.4, 0.5) is 0 Å². The maximum atomic E-state index is 10.9. The van der Waals surface area contributed by atoms with Gasteiger partial charge in [-0.3, -0.25) is 4.79 Å². The molecule has 1 rings (SSSR count). The Morgan fingerprint density at radius 3 is 2.67 bits per heavy atom. The van der Waals surface area contributed by atoms with Crippen LogP contribution in [0.25, 0.3) is 0 Å². The summed E-state index contributed by atoms with van der Waals surface area (Å²) in [6, 6.07) is 5.17. The molecule has 15 heavy (non-hydrogen) atoms. The van der Waals surface area contributed by atoms with Crippen LogP contribution in [-0.2, 0) is 4.79 Å². The summed E-state index contributed by atoms with van der Waals surface area (Å²) in [7, 11) is 0. The van der Waals surface area contributed by atoms with Crippen molar-refractivity contribution in [3.8, 4) is 6.07 Å². The van der Waals surface area contributed by atoms with E-state index in [-0.39, 0.29) is 0 Å². The zero-order valence-corrected chi connectivity index (χ0v) is 9.21. The molecule has 0 fully saturated rings. The summed E-state index contributed by atoms with van der Waals surface area (Å²) in [5, 5.41) is 17.4. The Bertz CT molecular complexity index is 406. The van der Waals surface area contributed by atoms with Gasteiger partial charge in [0.2, 0.25) is 0 Å². The summed E-state index contributed by atoms with van der Waals surface area (Å²) in [5.74, 6) is -0.878. The number of pyridine rings is 1. The maximum Gasteiger partial charge on any atom is 0.319 e. The highest BCUT2D eigenvalue weighted by Crippen LogP contribution is 2.31. The molecule has 0 spiro atoms. The van der Waals surface area contributed by atoms with Gasteiger partial charge >= 0.3 is 5.97 Å². The Morgan fingerprint density at radius 1 is 1.60 bits per heavy atom. The average molecular weight is 222 g/mol. The van der Waals surface area contributed by atoms with Crippen molar-refractivity contribution in [2.75, 3.05) is 0 Å².